The molecule has 9 N–H and O–H groups in total. The molecule has 16 heteroatoms. The molecular weight excluding hydrogens is 662 g/mol. The number of amides is 5. The van der Waals surface area contributed by atoms with Crippen molar-refractivity contribution in [1.82, 2.24) is 25.8 Å². The van der Waals surface area contributed by atoms with Gasteiger partial charge in [-0.15, -0.1) is 11.3 Å². The summed E-state index contributed by atoms with van der Waals surface area (Å²) in [5.41, 5.74) is 17.7. The van der Waals surface area contributed by atoms with Gasteiger partial charge < -0.3 is 38.1 Å². The number of aromatic nitrogens is 1. The maximum Gasteiger partial charge on any atom is 0.243 e. The first-order valence-corrected chi connectivity index (χ1v) is 17.2. The Hall–Kier alpha value is -5.38. The number of hydrogen-bond acceptors (Lipinski definition) is 9. The number of carbonyl (C=O) groups is 6. The summed E-state index contributed by atoms with van der Waals surface area (Å²) in [6.45, 7) is 1.99. The van der Waals surface area contributed by atoms with E-state index in [0.717, 1.165) is 10.3 Å². The molecule has 0 radical (unpaired) electrons. The third-order valence-corrected chi connectivity index (χ3v) is 9.32. The summed E-state index contributed by atoms with van der Waals surface area (Å²) in [6, 6.07) is 12.0. The van der Waals surface area contributed by atoms with Crippen LogP contribution in [0.25, 0.3) is 10.2 Å². The van der Waals surface area contributed by atoms with Crippen molar-refractivity contribution in [2.45, 2.75) is 76.0 Å². The number of aliphatic imine (C=N–C) groups is 1. The number of para-hydroxylation sites is 1. The minimum absolute atomic E-state index is 0.0473. The first-order valence-electron chi connectivity index (χ1n) is 16.4. The van der Waals surface area contributed by atoms with Gasteiger partial charge in [0.15, 0.2) is 11.0 Å². The van der Waals surface area contributed by atoms with Gasteiger partial charge in [0.05, 0.1) is 16.3 Å². The molecule has 4 atom stereocenters. The standard InChI is InChI=1S/C34H43N9O6S/c1-20(44)43-18-8-13-26(43)32(49)40-24(15-16-28(35)45)30(47)41-25(19-21-9-3-2-4-10-21)31(48)39-23(12-7-17-38-34(36)37)29(46)33-42-22-11-5-6-14-27(22)50-33/h2-6,9-11,14,23-26H,7-8,12-13,15-19H2,1H3,(H2,35,45)(H,39,48)(H,40,49)(H,41,47)(H4,36,37,38)/t23-,24-,25-,26-/m0/s1. The van der Waals surface area contributed by atoms with Crippen molar-refractivity contribution in [3.8, 4) is 0 Å². The molecule has 15 nitrogen and oxygen atoms in total. The van der Waals surface area contributed by atoms with Crippen molar-refractivity contribution < 1.29 is 28.8 Å². The van der Waals surface area contributed by atoms with Crippen molar-refractivity contribution in [1.29, 1.82) is 0 Å². The molecule has 1 fully saturated rings. The number of thiazole rings is 1. The fourth-order valence-corrected chi connectivity index (χ4v) is 6.70. The molecule has 1 aliphatic rings. The van der Waals surface area contributed by atoms with Gasteiger partial charge in [0, 0.05) is 32.9 Å². The van der Waals surface area contributed by atoms with E-state index in [4.69, 9.17) is 17.2 Å². The van der Waals surface area contributed by atoms with Crippen molar-refractivity contribution in [3.63, 3.8) is 0 Å². The lowest BCUT2D eigenvalue weighted by atomic mass is 10.0. The van der Waals surface area contributed by atoms with E-state index < -0.39 is 53.6 Å². The van der Waals surface area contributed by atoms with Crippen LogP contribution in [-0.2, 0) is 30.4 Å². The van der Waals surface area contributed by atoms with E-state index in [1.54, 1.807) is 30.3 Å². The maximum absolute atomic E-state index is 14.0. The van der Waals surface area contributed by atoms with Crippen molar-refractivity contribution in [2.24, 2.45) is 22.2 Å². The van der Waals surface area contributed by atoms with Crippen LogP contribution in [0.5, 0.6) is 0 Å². The summed E-state index contributed by atoms with van der Waals surface area (Å²) in [5.74, 6) is -3.39. The smallest absolute Gasteiger partial charge is 0.243 e. The number of nitrogens with two attached hydrogens (primary N) is 3. The molecule has 266 valence electrons. The molecule has 2 aromatic carbocycles. The lowest BCUT2D eigenvalue weighted by Gasteiger charge is -2.27. The minimum Gasteiger partial charge on any atom is -0.370 e. The number of guanidine groups is 1. The Morgan fingerprint density at radius 2 is 1.58 bits per heavy atom. The number of ketones is 1. The highest BCUT2D eigenvalue weighted by Gasteiger charge is 2.36. The number of benzene rings is 2. The van der Waals surface area contributed by atoms with E-state index in [-0.39, 0.29) is 49.1 Å². The van der Waals surface area contributed by atoms with E-state index in [2.05, 4.69) is 25.9 Å². The number of Topliss-reactive ketones (excluding diaryl/α,β-unsaturated/α-hetero) is 1. The Morgan fingerprint density at radius 3 is 2.26 bits per heavy atom. The highest BCUT2D eigenvalue weighted by molar-refractivity contribution is 7.20. The normalized spacial score (nSPS) is 15.8. The fourth-order valence-electron chi connectivity index (χ4n) is 5.74. The fraction of sp³-hybridized carbons (Fsp3) is 0.412. The number of primary amides is 1. The minimum atomic E-state index is -1.24. The summed E-state index contributed by atoms with van der Waals surface area (Å²) >= 11 is 1.20. The molecule has 3 aromatic rings. The van der Waals surface area contributed by atoms with E-state index in [1.165, 1.54) is 23.2 Å². The Balaban J connectivity index is 1.57. The predicted molar refractivity (Wildman–Crippen MR) is 189 cm³/mol. The molecule has 1 aromatic heterocycles. The van der Waals surface area contributed by atoms with E-state index in [0.29, 0.717) is 31.3 Å². The van der Waals surface area contributed by atoms with E-state index in [1.807, 2.05) is 24.3 Å². The molecule has 50 heavy (non-hydrogen) atoms. The topological polar surface area (TPSA) is 245 Å². The summed E-state index contributed by atoms with van der Waals surface area (Å²) in [7, 11) is 0. The van der Waals surface area contributed by atoms with Gasteiger partial charge >= 0.3 is 0 Å². The SMILES string of the molecule is CC(=O)N1CCC[C@H]1C(=O)N[C@@H](CCC(N)=O)C(=O)N[C@@H](Cc1ccccc1)C(=O)N[C@@H](CCCN=C(N)N)C(=O)c1nc2ccccc2s1. The third-order valence-electron chi connectivity index (χ3n) is 8.27. The number of likely N-dealkylation sites (tertiary alicyclic amines) is 1. The number of carbonyl (C=O) groups excluding carboxylic acids is 6. The molecule has 0 aliphatic carbocycles. The molecular formula is C34H43N9O6S. The van der Waals surface area contributed by atoms with Crippen molar-refractivity contribution in [3.05, 3.63) is 65.2 Å². The lowest BCUT2D eigenvalue weighted by Crippen LogP contribution is -2.58. The highest BCUT2D eigenvalue weighted by Crippen LogP contribution is 2.23. The zero-order valence-corrected chi connectivity index (χ0v) is 28.6. The maximum atomic E-state index is 14.0. The van der Waals surface area contributed by atoms with Gasteiger partial charge in [0.25, 0.3) is 0 Å². The predicted octanol–water partition coefficient (Wildman–Crippen LogP) is 0.506. The van der Waals surface area contributed by atoms with Gasteiger partial charge in [-0.25, -0.2) is 4.98 Å². The van der Waals surface area contributed by atoms with Gasteiger partial charge in [0.2, 0.25) is 35.3 Å². The van der Waals surface area contributed by atoms with Gasteiger partial charge in [-0.2, -0.15) is 0 Å². The van der Waals surface area contributed by atoms with Crippen LogP contribution in [0, 0.1) is 0 Å². The Bertz CT molecular complexity index is 1690. The highest BCUT2D eigenvalue weighted by atomic mass is 32.1. The van der Waals surface area contributed by atoms with Crippen LogP contribution >= 0.6 is 11.3 Å². The Labute approximate surface area is 293 Å². The quantitative estimate of drug-likeness (QED) is 0.0495. The molecule has 0 spiro atoms. The zero-order chi connectivity index (χ0) is 36.2. The van der Waals surface area contributed by atoms with Crippen molar-refractivity contribution >= 4 is 62.8 Å². The summed E-state index contributed by atoms with van der Waals surface area (Å²) < 4.78 is 0.809. The summed E-state index contributed by atoms with van der Waals surface area (Å²) in [5, 5.41) is 8.42. The van der Waals surface area contributed by atoms with Gasteiger partial charge in [-0.1, -0.05) is 42.5 Å². The van der Waals surface area contributed by atoms with Crippen LogP contribution < -0.4 is 33.2 Å². The second kappa shape index (κ2) is 17.9. The van der Waals surface area contributed by atoms with Crippen LogP contribution in [0.1, 0.15) is 60.8 Å². The van der Waals surface area contributed by atoms with Gasteiger partial charge in [-0.05, 0) is 49.8 Å². The first-order chi connectivity index (χ1) is 23.9. The first kappa shape index (κ1) is 37.4. The van der Waals surface area contributed by atoms with Gasteiger partial charge in [0.1, 0.15) is 18.1 Å². The van der Waals surface area contributed by atoms with Crippen LogP contribution in [0.15, 0.2) is 59.6 Å². The third kappa shape index (κ3) is 10.6. The molecule has 0 bridgehead atoms. The Morgan fingerprint density at radius 1 is 0.900 bits per heavy atom. The molecule has 0 unspecified atom stereocenters. The number of fused-ring (bicyclic) bond motifs is 1. The molecule has 1 aliphatic heterocycles. The zero-order valence-electron chi connectivity index (χ0n) is 27.8. The largest absolute Gasteiger partial charge is 0.370 e. The second-order valence-electron chi connectivity index (χ2n) is 12.0. The molecule has 1 saturated heterocycles. The number of nitrogens with one attached hydrogen (secondary N) is 3. The van der Waals surface area contributed by atoms with Crippen LogP contribution in [-0.4, -0.2) is 88.4 Å². The second-order valence-corrected chi connectivity index (χ2v) is 13.1. The average Bonchev–Trinajstić information content (AvgIpc) is 3.76. The number of rotatable bonds is 17. The van der Waals surface area contributed by atoms with Crippen LogP contribution in [0.2, 0.25) is 0 Å². The molecule has 0 saturated carbocycles. The number of nitrogens with zero attached hydrogens (tertiary/aromatic N) is 3. The van der Waals surface area contributed by atoms with Crippen LogP contribution in [0.4, 0.5) is 0 Å². The van der Waals surface area contributed by atoms with Crippen LogP contribution in [0.3, 0.4) is 0 Å². The number of hydrogen-bond donors (Lipinski definition) is 6. The van der Waals surface area contributed by atoms with Gasteiger partial charge in [-0.3, -0.25) is 33.8 Å². The monoisotopic (exact) mass is 705 g/mol. The summed E-state index contributed by atoms with van der Waals surface area (Å²) in [4.78, 5) is 88.5. The molecule has 5 amide bonds. The Kier molecular flexibility index (Phi) is 13.4. The van der Waals surface area contributed by atoms with E-state index >= 15 is 0 Å². The average molecular weight is 706 g/mol. The summed E-state index contributed by atoms with van der Waals surface area (Å²) in [6.07, 6.45) is 1.27. The molecule has 4 rings (SSSR count). The van der Waals surface area contributed by atoms with E-state index in [9.17, 15) is 28.8 Å². The lowest BCUT2D eigenvalue weighted by molar-refractivity contribution is -0.138. The molecule has 2 heterocycles. The van der Waals surface area contributed by atoms with Crippen molar-refractivity contribution in [2.75, 3.05) is 13.1 Å².